The van der Waals surface area contributed by atoms with Gasteiger partial charge in [0.05, 0.1) is 18.6 Å². The normalized spacial score (nSPS) is 48.6. The first-order chi connectivity index (χ1) is 13.0. The van der Waals surface area contributed by atoms with Crippen LogP contribution in [0.25, 0.3) is 0 Å². The van der Waals surface area contributed by atoms with E-state index in [-0.39, 0.29) is 17.6 Å². The maximum Gasteiger partial charge on any atom is 0.343 e. The minimum atomic E-state index is -1.55. The van der Waals surface area contributed by atoms with E-state index in [1.54, 1.807) is 0 Å². The third-order valence-electron chi connectivity index (χ3n) is 8.06. The molecule has 2 N–H and O–H groups in total. The van der Waals surface area contributed by atoms with Gasteiger partial charge in [0, 0.05) is 30.1 Å². The fraction of sp³-hybridized carbons (Fsp3) is 0.571. The molecule has 1 aromatic rings. The molecule has 0 radical (unpaired) electrons. The van der Waals surface area contributed by atoms with Crippen LogP contribution in [0.3, 0.4) is 0 Å². The first-order valence-electron chi connectivity index (χ1n) is 9.73. The van der Waals surface area contributed by atoms with E-state index in [4.69, 9.17) is 9.47 Å². The zero-order chi connectivity index (χ0) is 18.7. The van der Waals surface area contributed by atoms with Crippen molar-refractivity contribution in [2.45, 2.75) is 48.7 Å². The molecule has 4 aliphatic heterocycles. The van der Waals surface area contributed by atoms with Crippen LogP contribution in [0.2, 0.25) is 0 Å². The van der Waals surface area contributed by atoms with Crippen LogP contribution in [-0.4, -0.2) is 59.6 Å². The van der Waals surface area contributed by atoms with Gasteiger partial charge in [-0.15, -0.1) is 0 Å². The molecule has 27 heavy (non-hydrogen) atoms. The van der Waals surface area contributed by atoms with Gasteiger partial charge < -0.3 is 19.9 Å². The molecule has 1 saturated carbocycles. The van der Waals surface area contributed by atoms with Gasteiger partial charge in [-0.3, -0.25) is 4.90 Å². The molecule has 6 unspecified atom stereocenters. The Hall–Kier alpha value is -1.89. The highest BCUT2D eigenvalue weighted by Gasteiger charge is 2.86. The van der Waals surface area contributed by atoms with Gasteiger partial charge in [0.25, 0.3) is 0 Å². The first kappa shape index (κ1) is 16.1. The zero-order valence-electron chi connectivity index (χ0n) is 15.6. The number of methoxy groups -OCH3 is 1. The van der Waals surface area contributed by atoms with E-state index in [1.807, 2.05) is 25.1 Å². The van der Waals surface area contributed by atoms with E-state index < -0.39 is 22.7 Å². The fourth-order valence-corrected chi connectivity index (χ4v) is 7.18. The summed E-state index contributed by atoms with van der Waals surface area (Å²) in [5.74, 6) is -0.496. The second-order valence-corrected chi connectivity index (χ2v) is 8.77. The fourth-order valence-electron chi connectivity index (χ4n) is 7.18. The SMILES string of the molecule is COC(=O)C12CC3(C=CCN4CCC5(c6ccccc6NC15O)C43)C(C)O2. The van der Waals surface area contributed by atoms with E-state index in [0.29, 0.717) is 6.42 Å². The Kier molecular flexibility index (Phi) is 2.72. The summed E-state index contributed by atoms with van der Waals surface area (Å²) in [5.41, 5.74) is -1.95. The Morgan fingerprint density at radius 1 is 1.41 bits per heavy atom. The number of aliphatic hydroxyl groups is 1. The molecular weight excluding hydrogens is 344 g/mol. The minimum absolute atomic E-state index is 0.0754. The minimum Gasteiger partial charge on any atom is -0.467 e. The quantitative estimate of drug-likeness (QED) is 0.577. The van der Waals surface area contributed by atoms with Crippen molar-refractivity contribution in [3.63, 3.8) is 0 Å². The van der Waals surface area contributed by atoms with Crippen LogP contribution < -0.4 is 5.32 Å². The number of carbonyl (C=O) groups excluding carboxylic acids is 1. The van der Waals surface area contributed by atoms with Gasteiger partial charge in [0.2, 0.25) is 5.60 Å². The molecule has 3 fully saturated rings. The van der Waals surface area contributed by atoms with Crippen molar-refractivity contribution in [3.05, 3.63) is 42.0 Å². The number of hydrogen-bond acceptors (Lipinski definition) is 6. The van der Waals surface area contributed by atoms with Crippen molar-refractivity contribution in [2.24, 2.45) is 5.41 Å². The molecule has 6 rings (SSSR count). The monoisotopic (exact) mass is 368 g/mol. The number of esters is 1. The van der Waals surface area contributed by atoms with Crippen molar-refractivity contribution in [1.29, 1.82) is 0 Å². The number of carbonyl (C=O) groups is 1. The lowest BCUT2D eigenvalue weighted by Gasteiger charge is -2.59. The Morgan fingerprint density at radius 3 is 3.04 bits per heavy atom. The number of hydrogen-bond donors (Lipinski definition) is 2. The molecule has 0 amide bonds. The summed E-state index contributed by atoms with van der Waals surface area (Å²) in [4.78, 5) is 15.6. The van der Waals surface area contributed by atoms with Crippen LogP contribution in [0.4, 0.5) is 5.69 Å². The summed E-state index contributed by atoms with van der Waals surface area (Å²) in [6.45, 7) is 3.78. The molecule has 2 saturated heterocycles. The van der Waals surface area contributed by atoms with E-state index in [9.17, 15) is 9.90 Å². The first-order valence-corrected chi connectivity index (χ1v) is 9.73. The predicted molar refractivity (Wildman–Crippen MR) is 98.2 cm³/mol. The number of nitrogens with one attached hydrogen (secondary N) is 1. The standard InChI is InChI=1S/C21H24N2O4/c1-13-18-8-5-10-23-11-9-19(16(18)23)14-6-3-4-7-15(14)22-21(19,25)20(12-18,27-13)17(24)26-2/h3-8,13,16,22,25H,9-12H2,1-2H3. The van der Waals surface area contributed by atoms with E-state index >= 15 is 0 Å². The van der Waals surface area contributed by atoms with Crippen LogP contribution >= 0.6 is 0 Å². The lowest BCUT2D eigenvalue weighted by Crippen LogP contribution is -2.77. The Labute approximate surface area is 158 Å². The second-order valence-electron chi connectivity index (χ2n) is 8.77. The maximum absolute atomic E-state index is 13.1. The van der Waals surface area contributed by atoms with Gasteiger partial charge >= 0.3 is 5.97 Å². The summed E-state index contributed by atoms with van der Waals surface area (Å²) in [6.07, 6.45) is 5.44. The second kappa shape index (κ2) is 4.57. The van der Waals surface area contributed by atoms with Crippen molar-refractivity contribution in [2.75, 3.05) is 25.5 Å². The molecule has 5 aliphatic rings. The van der Waals surface area contributed by atoms with Crippen LogP contribution in [0.1, 0.15) is 25.3 Å². The predicted octanol–water partition coefficient (Wildman–Crippen LogP) is 1.40. The largest absolute Gasteiger partial charge is 0.467 e. The van der Waals surface area contributed by atoms with Gasteiger partial charge in [-0.05, 0) is 31.5 Å². The number of para-hydroxylation sites is 1. The maximum atomic E-state index is 13.1. The summed E-state index contributed by atoms with van der Waals surface area (Å²) in [5, 5.41) is 15.7. The lowest BCUT2D eigenvalue weighted by molar-refractivity contribution is -0.216. The van der Waals surface area contributed by atoms with Gasteiger partial charge in [0.15, 0.2) is 5.72 Å². The summed E-state index contributed by atoms with van der Waals surface area (Å²) in [7, 11) is 1.37. The highest BCUT2D eigenvalue weighted by atomic mass is 16.6. The van der Waals surface area contributed by atoms with Crippen molar-refractivity contribution in [3.8, 4) is 0 Å². The summed E-state index contributed by atoms with van der Waals surface area (Å²) >= 11 is 0. The number of nitrogens with zero attached hydrogens (tertiary/aromatic N) is 1. The Bertz CT molecular complexity index is 902. The van der Waals surface area contributed by atoms with Crippen LogP contribution in [0.15, 0.2) is 36.4 Å². The third-order valence-corrected chi connectivity index (χ3v) is 8.06. The average Bonchev–Trinajstić information content (AvgIpc) is 3.28. The lowest BCUT2D eigenvalue weighted by atomic mass is 9.49. The zero-order valence-corrected chi connectivity index (χ0v) is 15.6. The molecular formula is C21H24N2O4. The van der Waals surface area contributed by atoms with Crippen LogP contribution in [0, 0.1) is 5.41 Å². The number of fused-ring (bicyclic) bond motifs is 3. The van der Waals surface area contributed by atoms with Crippen LogP contribution in [0.5, 0.6) is 0 Å². The molecule has 142 valence electrons. The topological polar surface area (TPSA) is 71.0 Å². The highest BCUT2D eigenvalue weighted by molar-refractivity contribution is 5.87. The molecule has 6 nitrogen and oxygen atoms in total. The van der Waals surface area contributed by atoms with Crippen molar-refractivity contribution < 1.29 is 19.4 Å². The molecule has 6 atom stereocenters. The molecule has 1 aliphatic carbocycles. The highest BCUT2D eigenvalue weighted by Crippen LogP contribution is 2.72. The Balaban J connectivity index is 1.72. The summed E-state index contributed by atoms with van der Waals surface area (Å²) in [6, 6.07) is 8.12. The number of benzene rings is 1. The number of anilines is 1. The third kappa shape index (κ3) is 1.39. The molecule has 1 aromatic carbocycles. The number of rotatable bonds is 1. The number of ether oxygens (including phenoxy) is 2. The van der Waals surface area contributed by atoms with Gasteiger partial charge in [-0.1, -0.05) is 30.4 Å². The molecule has 4 heterocycles. The molecule has 0 aromatic heterocycles. The molecule has 2 bridgehead atoms. The summed E-state index contributed by atoms with van der Waals surface area (Å²) < 4.78 is 11.6. The van der Waals surface area contributed by atoms with E-state index in [2.05, 4.69) is 28.4 Å². The van der Waals surface area contributed by atoms with Gasteiger partial charge in [-0.2, -0.15) is 0 Å². The van der Waals surface area contributed by atoms with Gasteiger partial charge in [-0.25, -0.2) is 4.79 Å². The molecule has 2 spiro atoms. The van der Waals surface area contributed by atoms with E-state index in [0.717, 1.165) is 30.8 Å². The van der Waals surface area contributed by atoms with Crippen molar-refractivity contribution >= 4 is 11.7 Å². The van der Waals surface area contributed by atoms with Gasteiger partial charge in [0.1, 0.15) is 0 Å². The average molecular weight is 368 g/mol. The van der Waals surface area contributed by atoms with E-state index in [1.165, 1.54) is 7.11 Å². The smallest absolute Gasteiger partial charge is 0.343 e. The molecule has 6 heteroatoms. The van der Waals surface area contributed by atoms with Crippen molar-refractivity contribution in [1.82, 2.24) is 4.90 Å². The van der Waals surface area contributed by atoms with Crippen LogP contribution in [-0.2, 0) is 19.7 Å². The Morgan fingerprint density at radius 2 is 2.22 bits per heavy atom.